The fourth-order valence-corrected chi connectivity index (χ4v) is 6.57. The maximum absolute atomic E-state index is 12.3. The maximum atomic E-state index is 12.3. The maximum Gasteiger partial charge on any atom is 0.501 e. The van der Waals surface area contributed by atoms with E-state index < -0.39 is 8.80 Å². The number of unbranched alkanes of at least 4 members (excludes halogenated alkanes) is 11. The Labute approximate surface area is 176 Å². The van der Waals surface area contributed by atoms with E-state index in [2.05, 4.69) is 13.8 Å². The Morgan fingerprint density at radius 2 is 1.18 bits per heavy atom. The van der Waals surface area contributed by atoms with Crippen LogP contribution in [0, 0.1) is 0 Å². The minimum Gasteiger partial charge on any atom is -0.374 e. The first kappa shape index (κ1) is 28.0. The smallest absolute Gasteiger partial charge is 0.374 e. The van der Waals surface area contributed by atoms with Gasteiger partial charge in [-0.2, -0.15) is 0 Å². The third kappa shape index (κ3) is 15.9. The molecular formula is C23H49FO3Si. The molecule has 0 fully saturated rings. The first-order valence-corrected chi connectivity index (χ1v) is 14.1. The molecule has 0 aliphatic heterocycles. The van der Waals surface area contributed by atoms with Crippen molar-refractivity contribution in [1.82, 2.24) is 0 Å². The Hall–Kier alpha value is 0.0269. The summed E-state index contributed by atoms with van der Waals surface area (Å²) in [7, 11) is -2.61. The molecule has 0 amide bonds. The van der Waals surface area contributed by atoms with E-state index in [0.717, 1.165) is 31.7 Å². The number of hydrogen-bond acceptors (Lipinski definition) is 3. The zero-order valence-corrected chi connectivity index (χ0v) is 20.4. The van der Waals surface area contributed by atoms with Crippen molar-refractivity contribution in [3.05, 3.63) is 0 Å². The third-order valence-electron chi connectivity index (χ3n) is 5.19. The van der Waals surface area contributed by atoms with Gasteiger partial charge >= 0.3 is 8.80 Å². The van der Waals surface area contributed by atoms with Crippen molar-refractivity contribution >= 4 is 8.80 Å². The van der Waals surface area contributed by atoms with Crippen molar-refractivity contribution in [2.24, 2.45) is 0 Å². The van der Waals surface area contributed by atoms with Gasteiger partial charge in [0.05, 0.1) is 6.67 Å². The van der Waals surface area contributed by atoms with Crippen molar-refractivity contribution in [2.75, 3.05) is 19.9 Å². The summed E-state index contributed by atoms with van der Waals surface area (Å²) in [5.41, 5.74) is 0. The molecule has 28 heavy (non-hydrogen) atoms. The summed E-state index contributed by atoms with van der Waals surface area (Å²) in [6.07, 6.45) is 17.0. The summed E-state index contributed by atoms with van der Waals surface area (Å²) >= 11 is 0. The number of rotatable bonds is 22. The lowest BCUT2D eigenvalue weighted by atomic mass is 10.1. The standard InChI is InChI=1S/C23H49FO3Si/c1-5-8-9-10-11-12-13-14-17-20-23(4)27-28(25-6-2,26-7-3)22-19-16-15-18-21-24/h23H,5-22H2,1-4H3. The van der Waals surface area contributed by atoms with E-state index in [1.807, 2.05) is 13.8 Å². The molecule has 0 aromatic heterocycles. The molecule has 0 aromatic rings. The van der Waals surface area contributed by atoms with Crippen LogP contribution in [0.4, 0.5) is 4.39 Å². The van der Waals surface area contributed by atoms with Crippen molar-refractivity contribution in [3.63, 3.8) is 0 Å². The van der Waals surface area contributed by atoms with Gasteiger partial charge < -0.3 is 13.3 Å². The van der Waals surface area contributed by atoms with Gasteiger partial charge in [0.1, 0.15) is 0 Å². The van der Waals surface area contributed by atoms with E-state index in [4.69, 9.17) is 13.3 Å². The van der Waals surface area contributed by atoms with Crippen LogP contribution in [0.2, 0.25) is 6.04 Å². The van der Waals surface area contributed by atoms with E-state index in [-0.39, 0.29) is 12.8 Å². The molecule has 1 unspecified atom stereocenters. The molecular weight excluding hydrogens is 371 g/mol. The van der Waals surface area contributed by atoms with Gasteiger partial charge in [-0.1, -0.05) is 77.6 Å². The van der Waals surface area contributed by atoms with Gasteiger partial charge in [-0.3, -0.25) is 4.39 Å². The third-order valence-corrected chi connectivity index (χ3v) is 8.37. The topological polar surface area (TPSA) is 27.7 Å². The van der Waals surface area contributed by atoms with Gasteiger partial charge in [0.15, 0.2) is 0 Å². The lowest BCUT2D eigenvalue weighted by molar-refractivity contribution is 0.0342. The highest BCUT2D eigenvalue weighted by atomic mass is 28.4. The first-order valence-electron chi connectivity index (χ1n) is 12.2. The molecule has 0 saturated carbocycles. The Morgan fingerprint density at radius 3 is 1.71 bits per heavy atom. The zero-order chi connectivity index (χ0) is 20.9. The van der Waals surface area contributed by atoms with E-state index in [1.165, 1.54) is 57.8 Å². The second-order valence-electron chi connectivity index (χ2n) is 7.95. The normalized spacial score (nSPS) is 13.2. The molecule has 0 aliphatic carbocycles. The Balaban J connectivity index is 4.12. The highest BCUT2D eigenvalue weighted by Gasteiger charge is 2.41. The van der Waals surface area contributed by atoms with Crippen molar-refractivity contribution in [3.8, 4) is 0 Å². The molecule has 0 spiro atoms. The summed E-state index contributed by atoms with van der Waals surface area (Å²) < 4.78 is 30.8. The van der Waals surface area contributed by atoms with E-state index >= 15 is 0 Å². The van der Waals surface area contributed by atoms with Crippen molar-refractivity contribution in [2.45, 2.75) is 130 Å². The molecule has 0 aliphatic rings. The van der Waals surface area contributed by atoms with Gasteiger partial charge in [-0.25, -0.2) is 0 Å². The molecule has 0 radical (unpaired) electrons. The largest absolute Gasteiger partial charge is 0.501 e. The average molecular weight is 421 g/mol. The molecule has 0 bridgehead atoms. The monoisotopic (exact) mass is 420 g/mol. The van der Waals surface area contributed by atoms with Crippen LogP contribution in [0.15, 0.2) is 0 Å². The molecule has 0 rings (SSSR count). The lowest BCUT2D eigenvalue weighted by Gasteiger charge is -2.32. The lowest BCUT2D eigenvalue weighted by Crippen LogP contribution is -2.48. The van der Waals surface area contributed by atoms with Gasteiger partial charge in [0.25, 0.3) is 0 Å². The van der Waals surface area contributed by atoms with E-state index in [9.17, 15) is 4.39 Å². The Morgan fingerprint density at radius 1 is 0.679 bits per heavy atom. The Bertz CT molecular complexity index is 312. The summed E-state index contributed by atoms with van der Waals surface area (Å²) in [5.74, 6) is 0. The average Bonchev–Trinajstić information content (AvgIpc) is 2.67. The molecule has 170 valence electrons. The van der Waals surface area contributed by atoms with Crippen molar-refractivity contribution in [1.29, 1.82) is 0 Å². The van der Waals surface area contributed by atoms with E-state index in [0.29, 0.717) is 19.6 Å². The molecule has 3 nitrogen and oxygen atoms in total. The van der Waals surface area contributed by atoms with Crippen LogP contribution < -0.4 is 0 Å². The number of halogens is 1. The van der Waals surface area contributed by atoms with Crippen LogP contribution in [0.3, 0.4) is 0 Å². The summed E-state index contributed by atoms with van der Waals surface area (Å²) in [6, 6.07) is 0.850. The molecule has 1 atom stereocenters. The summed E-state index contributed by atoms with van der Waals surface area (Å²) in [5, 5.41) is 0. The fourth-order valence-electron chi connectivity index (χ4n) is 3.65. The molecule has 5 heteroatoms. The molecule has 0 heterocycles. The van der Waals surface area contributed by atoms with Gasteiger partial charge in [-0.15, -0.1) is 0 Å². The molecule has 0 saturated heterocycles. The summed E-state index contributed by atoms with van der Waals surface area (Å²) in [4.78, 5) is 0. The number of hydrogen-bond donors (Lipinski definition) is 0. The van der Waals surface area contributed by atoms with Crippen LogP contribution in [0.1, 0.15) is 118 Å². The zero-order valence-electron chi connectivity index (χ0n) is 19.4. The second-order valence-corrected chi connectivity index (χ2v) is 10.6. The number of alkyl halides is 1. The SMILES string of the molecule is CCCCCCCCCCCC(C)O[Si](CCCCCCF)(OCC)OCC. The van der Waals surface area contributed by atoms with Gasteiger partial charge in [-0.05, 0) is 40.0 Å². The first-order chi connectivity index (χ1) is 13.6. The fraction of sp³-hybridized carbons (Fsp3) is 1.00. The van der Waals surface area contributed by atoms with Crippen LogP contribution in [-0.2, 0) is 13.3 Å². The summed E-state index contributed by atoms with van der Waals surface area (Å²) in [6.45, 7) is 9.49. The predicted molar refractivity (Wildman–Crippen MR) is 121 cm³/mol. The minimum absolute atomic E-state index is 0.181. The van der Waals surface area contributed by atoms with Gasteiger partial charge in [0.2, 0.25) is 0 Å². The highest BCUT2D eigenvalue weighted by Crippen LogP contribution is 2.24. The highest BCUT2D eigenvalue weighted by molar-refractivity contribution is 6.60. The minimum atomic E-state index is -2.61. The Kier molecular flexibility index (Phi) is 20.3. The van der Waals surface area contributed by atoms with Crippen LogP contribution in [0.5, 0.6) is 0 Å². The van der Waals surface area contributed by atoms with Gasteiger partial charge in [0, 0.05) is 25.4 Å². The van der Waals surface area contributed by atoms with Crippen LogP contribution >= 0.6 is 0 Å². The van der Waals surface area contributed by atoms with E-state index in [1.54, 1.807) is 0 Å². The van der Waals surface area contributed by atoms with Crippen molar-refractivity contribution < 1.29 is 17.7 Å². The molecule has 0 N–H and O–H groups in total. The molecule has 0 aromatic carbocycles. The van der Waals surface area contributed by atoms with Crippen LogP contribution in [0.25, 0.3) is 0 Å². The van der Waals surface area contributed by atoms with Crippen LogP contribution in [-0.4, -0.2) is 34.8 Å². The predicted octanol–water partition coefficient (Wildman–Crippen LogP) is 7.85. The second kappa shape index (κ2) is 20.3. The quantitative estimate of drug-likeness (QED) is 0.132.